The number of ether oxygens (including phenoxy) is 1. The number of benzene rings is 3. The third-order valence-corrected chi connectivity index (χ3v) is 14.1. The minimum absolute atomic E-state index is 0.179. The van der Waals surface area contributed by atoms with Gasteiger partial charge in [0.25, 0.3) is 0 Å². The van der Waals surface area contributed by atoms with Gasteiger partial charge in [-0.3, -0.25) is 14.4 Å². The van der Waals surface area contributed by atoms with Crippen molar-refractivity contribution in [1.82, 2.24) is 19.9 Å². The highest BCUT2D eigenvalue weighted by Crippen LogP contribution is 2.35. The number of aryl methyl sites for hydroxylation is 4. The number of fused-ring (bicyclic) bond motifs is 3. The molecule has 1 aliphatic rings. The minimum atomic E-state index is -3.36. The molecule has 61 heavy (non-hydrogen) atoms. The summed E-state index contributed by atoms with van der Waals surface area (Å²) in [4.78, 5) is 19.0. The Kier molecular flexibility index (Phi) is 16.5. The smallest absolute Gasteiger partial charge is 0.178 e. The Hall–Kier alpha value is -4.61. The zero-order valence-electron chi connectivity index (χ0n) is 36.6. The van der Waals surface area contributed by atoms with Gasteiger partial charge in [-0.15, -0.1) is 10.2 Å². The van der Waals surface area contributed by atoms with Crippen molar-refractivity contribution >= 4 is 32.9 Å². The van der Waals surface area contributed by atoms with Crippen LogP contribution in [0.3, 0.4) is 0 Å². The second kappa shape index (κ2) is 22.0. The molecule has 0 amide bonds. The third kappa shape index (κ3) is 12.1. The second-order valence-electron chi connectivity index (χ2n) is 16.6. The molecule has 0 bridgehead atoms. The lowest BCUT2D eigenvalue weighted by Crippen LogP contribution is -2.11. The van der Waals surface area contributed by atoms with E-state index in [1.54, 1.807) is 13.2 Å². The average molecular weight is 869 g/mol. The summed E-state index contributed by atoms with van der Waals surface area (Å²) in [5.74, 6) is 3.20. The van der Waals surface area contributed by atoms with E-state index in [0.29, 0.717) is 34.3 Å². The van der Waals surface area contributed by atoms with Crippen LogP contribution in [0.25, 0.3) is 16.8 Å². The van der Waals surface area contributed by atoms with E-state index in [-0.39, 0.29) is 18.0 Å². The highest BCUT2D eigenvalue weighted by atomic mass is 35.5. The molecule has 326 valence electrons. The average Bonchev–Trinajstić information content (AvgIpc) is 3.76. The molecule has 2 aromatic heterocycles. The standard InChI is InChI=1S/C49H62ClN5O5S/c1-34-22-23-39(47-35(2)54-60-36(47)3)31-46(34)61(57,58)30-20-18-16-14-12-10-8-6-7-9-11-13-15-17-19-21-41(56)32-44-49-53-52-37(4)55(49)45-29-28-42(59-5)33-43(45)48(51-44)38-24-26-40(50)27-25-38/h22-29,31,33,44H,6-21,30,32H2,1-5H3/t44-/m0/s1. The van der Waals surface area contributed by atoms with Gasteiger partial charge in [0.15, 0.2) is 15.7 Å². The van der Waals surface area contributed by atoms with Crippen molar-refractivity contribution in [1.29, 1.82) is 0 Å². The van der Waals surface area contributed by atoms with Gasteiger partial charge < -0.3 is 9.26 Å². The Labute approximate surface area is 367 Å². The highest BCUT2D eigenvalue weighted by molar-refractivity contribution is 7.91. The number of rotatable bonds is 24. The quantitative estimate of drug-likeness (QED) is 0.0561. The monoisotopic (exact) mass is 867 g/mol. The number of unbranched alkanes of at least 4 members (excludes halogenated alkanes) is 14. The summed E-state index contributed by atoms with van der Waals surface area (Å²) in [7, 11) is -1.71. The number of Topliss-reactive ketones (excluding diaryl/α,β-unsaturated/α-hetero) is 1. The Bertz CT molecular complexity index is 2360. The molecule has 10 nitrogen and oxygen atoms in total. The van der Waals surface area contributed by atoms with Crippen molar-refractivity contribution in [2.45, 2.75) is 148 Å². The largest absolute Gasteiger partial charge is 0.497 e. The maximum atomic E-state index is 13.4. The number of methoxy groups -OCH3 is 1. The molecule has 0 saturated heterocycles. The van der Waals surface area contributed by atoms with Crippen LogP contribution in [0.4, 0.5) is 0 Å². The van der Waals surface area contributed by atoms with Crippen LogP contribution in [-0.4, -0.2) is 52.7 Å². The predicted molar refractivity (Wildman–Crippen MR) is 244 cm³/mol. The number of aromatic nitrogens is 4. The van der Waals surface area contributed by atoms with Crippen molar-refractivity contribution in [3.8, 4) is 22.6 Å². The molecular weight excluding hydrogens is 806 g/mol. The van der Waals surface area contributed by atoms with E-state index in [0.717, 1.165) is 95.0 Å². The van der Waals surface area contributed by atoms with Gasteiger partial charge in [-0.25, -0.2) is 8.42 Å². The van der Waals surface area contributed by atoms with Gasteiger partial charge in [0.05, 0.1) is 34.9 Å². The molecule has 6 rings (SSSR count). The van der Waals surface area contributed by atoms with E-state index in [4.69, 9.17) is 25.9 Å². The number of sulfone groups is 1. The number of carbonyl (C=O) groups is 1. The van der Waals surface area contributed by atoms with Gasteiger partial charge in [0, 0.05) is 34.6 Å². The Balaban J connectivity index is 0.826. The van der Waals surface area contributed by atoms with E-state index in [1.807, 2.05) is 86.9 Å². The van der Waals surface area contributed by atoms with Crippen molar-refractivity contribution in [3.63, 3.8) is 0 Å². The minimum Gasteiger partial charge on any atom is -0.497 e. The topological polar surface area (TPSA) is 130 Å². The number of hydrogen-bond acceptors (Lipinski definition) is 9. The molecule has 0 fully saturated rings. The lowest BCUT2D eigenvalue weighted by Gasteiger charge is -2.14. The van der Waals surface area contributed by atoms with E-state index in [1.165, 1.54) is 51.4 Å². The van der Waals surface area contributed by atoms with Crippen LogP contribution in [0.5, 0.6) is 5.75 Å². The molecule has 0 N–H and O–H groups in total. The van der Waals surface area contributed by atoms with Gasteiger partial charge in [0.1, 0.15) is 29.2 Å². The Morgan fingerprint density at radius 2 is 1.36 bits per heavy atom. The molecule has 0 radical (unpaired) electrons. The Morgan fingerprint density at radius 3 is 1.97 bits per heavy atom. The number of hydrogen-bond donors (Lipinski definition) is 0. The molecule has 1 aliphatic heterocycles. The third-order valence-electron chi connectivity index (χ3n) is 11.9. The molecule has 0 saturated carbocycles. The summed E-state index contributed by atoms with van der Waals surface area (Å²) in [5, 5.41) is 13.6. The second-order valence-corrected chi connectivity index (χ2v) is 19.1. The lowest BCUT2D eigenvalue weighted by molar-refractivity contribution is -0.119. The summed E-state index contributed by atoms with van der Waals surface area (Å²) >= 11 is 6.24. The highest BCUT2D eigenvalue weighted by Gasteiger charge is 2.30. The van der Waals surface area contributed by atoms with Gasteiger partial charge >= 0.3 is 0 Å². The molecule has 3 heterocycles. The van der Waals surface area contributed by atoms with E-state index in [9.17, 15) is 13.2 Å². The molecule has 0 spiro atoms. The van der Waals surface area contributed by atoms with Crippen molar-refractivity contribution in [2.75, 3.05) is 12.9 Å². The van der Waals surface area contributed by atoms with Gasteiger partial charge in [-0.05, 0) is 88.1 Å². The fourth-order valence-electron chi connectivity index (χ4n) is 8.50. The molecule has 5 aromatic rings. The number of halogens is 1. The van der Waals surface area contributed by atoms with E-state index < -0.39 is 15.9 Å². The van der Waals surface area contributed by atoms with Crippen molar-refractivity contribution < 1.29 is 22.5 Å². The number of carbonyl (C=O) groups excluding carboxylic acids is 1. The normalized spacial score (nSPS) is 13.7. The first kappa shape index (κ1) is 45.9. The number of nitrogens with zero attached hydrogens (tertiary/aromatic N) is 5. The van der Waals surface area contributed by atoms with Gasteiger partial charge in [-0.2, -0.15) is 0 Å². The fraction of sp³-hybridized carbons (Fsp3) is 0.490. The lowest BCUT2D eigenvalue weighted by atomic mass is 9.99. The van der Waals surface area contributed by atoms with Gasteiger partial charge in [0.2, 0.25) is 0 Å². The van der Waals surface area contributed by atoms with Crippen LogP contribution in [0.2, 0.25) is 5.02 Å². The first-order chi connectivity index (χ1) is 29.5. The van der Waals surface area contributed by atoms with Crippen molar-refractivity contribution in [3.05, 3.63) is 105 Å². The van der Waals surface area contributed by atoms with Crippen LogP contribution < -0.4 is 4.74 Å². The summed E-state index contributed by atoms with van der Waals surface area (Å²) < 4.78 is 39.4. The zero-order chi connectivity index (χ0) is 43.4. The number of aliphatic imine (C=N–C) groups is 1. The van der Waals surface area contributed by atoms with Gasteiger partial charge in [-0.1, -0.05) is 124 Å². The molecule has 1 atom stereocenters. The van der Waals surface area contributed by atoms with Crippen LogP contribution in [0.15, 0.2) is 75.1 Å². The fourth-order valence-corrected chi connectivity index (χ4v) is 10.3. The maximum Gasteiger partial charge on any atom is 0.178 e. The maximum absolute atomic E-state index is 13.4. The first-order valence-corrected chi connectivity index (χ1v) is 24.2. The molecule has 0 unspecified atom stereocenters. The van der Waals surface area contributed by atoms with Crippen molar-refractivity contribution in [2.24, 2.45) is 4.99 Å². The molecule has 0 aliphatic carbocycles. The summed E-state index contributed by atoms with van der Waals surface area (Å²) in [6.45, 7) is 7.51. The van der Waals surface area contributed by atoms with Crippen LogP contribution >= 0.6 is 11.6 Å². The predicted octanol–water partition coefficient (Wildman–Crippen LogP) is 12.4. The van der Waals surface area contributed by atoms with Crippen LogP contribution in [-0.2, 0) is 14.6 Å². The SMILES string of the molecule is COc1ccc2c(c1)C(c1ccc(Cl)cc1)=N[C@@H](CC(=O)CCCCCCCCCCCCCCCCCS(=O)(=O)c1cc(-c3c(C)noc3C)ccc1C)c1nnc(C)n1-2. The summed E-state index contributed by atoms with van der Waals surface area (Å²) in [5.41, 5.74) is 6.73. The van der Waals surface area contributed by atoms with E-state index in [2.05, 4.69) is 15.4 Å². The molecule has 12 heteroatoms. The molecular formula is C49H62ClN5O5S. The Morgan fingerprint density at radius 1 is 0.754 bits per heavy atom. The summed E-state index contributed by atoms with van der Waals surface area (Å²) in [6, 6.07) is 18.7. The van der Waals surface area contributed by atoms with Crippen LogP contribution in [0.1, 0.15) is 155 Å². The van der Waals surface area contributed by atoms with Crippen LogP contribution in [0, 0.1) is 27.7 Å². The van der Waals surface area contributed by atoms with E-state index >= 15 is 0 Å². The first-order valence-electron chi connectivity index (χ1n) is 22.2. The zero-order valence-corrected chi connectivity index (χ0v) is 38.2. The summed E-state index contributed by atoms with van der Waals surface area (Å²) in [6.07, 6.45) is 17.7. The number of ketones is 1. The molecule has 3 aromatic carbocycles.